The van der Waals surface area contributed by atoms with E-state index in [2.05, 4.69) is 10.6 Å². The lowest BCUT2D eigenvalue weighted by atomic mass is 10.1. The van der Waals surface area contributed by atoms with E-state index in [1.165, 1.54) is 0 Å². The fourth-order valence-electron chi connectivity index (χ4n) is 3.31. The molecular weight excluding hydrogens is 392 g/mol. The third kappa shape index (κ3) is 5.63. The Labute approximate surface area is 181 Å². The minimum Gasteiger partial charge on any atom is -0.490 e. The number of hydrogen-bond donors (Lipinski definition) is 2. The molecule has 2 N–H and O–H groups in total. The van der Waals surface area contributed by atoms with Crippen LogP contribution in [0.15, 0.2) is 72.8 Å². The van der Waals surface area contributed by atoms with Crippen LogP contribution in [-0.4, -0.2) is 25.0 Å². The van der Waals surface area contributed by atoms with E-state index in [9.17, 15) is 9.59 Å². The molecule has 158 valence electrons. The molecule has 6 nitrogen and oxygen atoms in total. The van der Waals surface area contributed by atoms with Crippen LogP contribution in [0.1, 0.15) is 28.8 Å². The Morgan fingerprint density at radius 3 is 2.32 bits per heavy atom. The maximum atomic E-state index is 12.4. The molecule has 0 saturated heterocycles. The number of anilines is 2. The van der Waals surface area contributed by atoms with Gasteiger partial charge in [0.1, 0.15) is 0 Å². The van der Waals surface area contributed by atoms with Crippen molar-refractivity contribution in [3.63, 3.8) is 0 Å². The highest BCUT2D eigenvalue weighted by Crippen LogP contribution is 2.30. The van der Waals surface area contributed by atoms with Crippen molar-refractivity contribution < 1.29 is 19.1 Å². The first kappa shape index (κ1) is 20.5. The highest BCUT2D eigenvalue weighted by Gasteiger charge is 2.12. The van der Waals surface area contributed by atoms with Gasteiger partial charge in [-0.2, -0.15) is 0 Å². The van der Waals surface area contributed by atoms with Crippen LogP contribution in [0.2, 0.25) is 0 Å². The standard InChI is InChI=1S/C25H24N2O4/c28-24(13-11-18-10-12-22-23(16-18)31-15-5-14-30-22)26-20-8-4-9-21(17-20)27-25(29)19-6-2-1-3-7-19/h1-4,6-10,12,16-17H,5,11,13-15H2,(H,26,28)(H,27,29). The average Bonchev–Trinajstić information content (AvgIpc) is 3.03. The molecule has 4 rings (SSSR count). The third-order valence-electron chi connectivity index (χ3n) is 4.89. The molecule has 0 unspecified atom stereocenters. The second-order valence-corrected chi connectivity index (χ2v) is 7.28. The molecule has 31 heavy (non-hydrogen) atoms. The predicted molar refractivity (Wildman–Crippen MR) is 120 cm³/mol. The largest absolute Gasteiger partial charge is 0.490 e. The molecular formula is C25H24N2O4. The zero-order valence-electron chi connectivity index (χ0n) is 17.1. The summed E-state index contributed by atoms with van der Waals surface area (Å²) < 4.78 is 11.3. The monoisotopic (exact) mass is 416 g/mol. The van der Waals surface area contributed by atoms with Crippen molar-refractivity contribution in [3.8, 4) is 11.5 Å². The maximum Gasteiger partial charge on any atom is 0.255 e. The van der Waals surface area contributed by atoms with Crippen LogP contribution in [-0.2, 0) is 11.2 Å². The van der Waals surface area contributed by atoms with Crippen molar-refractivity contribution in [3.05, 3.63) is 83.9 Å². The van der Waals surface area contributed by atoms with E-state index in [0.29, 0.717) is 43.0 Å². The molecule has 1 aliphatic heterocycles. The zero-order valence-corrected chi connectivity index (χ0v) is 17.1. The number of carbonyl (C=O) groups is 2. The SMILES string of the molecule is O=C(CCc1ccc2c(c1)OCCCO2)Nc1cccc(NC(=O)c2ccccc2)c1. The second kappa shape index (κ2) is 9.80. The molecule has 0 aliphatic carbocycles. The van der Waals surface area contributed by atoms with Crippen molar-refractivity contribution in [2.24, 2.45) is 0 Å². The van der Waals surface area contributed by atoms with E-state index in [1.807, 2.05) is 36.4 Å². The number of rotatable bonds is 6. The van der Waals surface area contributed by atoms with E-state index in [-0.39, 0.29) is 11.8 Å². The molecule has 0 saturated carbocycles. The summed E-state index contributed by atoms with van der Waals surface area (Å²) in [6.07, 6.45) is 1.78. The first-order valence-corrected chi connectivity index (χ1v) is 10.3. The van der Waals surface area contributed by atoms with Crippen LogP contribution >= 0.6 is 0 Å². The smallest absolute Gasteiger partial charge is 0.255 e. The Bertz CT molecular complexity index is 1070. The summed E-state index contributed by atoms with van der Waals surface area (Å²) in [5, 5.41) is 5.74. The van der Waals surface area contributed by atoms with Crippen LogP contribution in [0.3, 0.4) is 0 Å². The van der Waals surface area contributed by atoms with Crippen molar-refractivity contribution in [2.75, 3.05) is 23.8 Å². The summed E-state index contributed by atoms with van der Waals surface area (Å²) >= 11 is 0. The first-order chi connectivity index (χ1) is 15.2. The molecule has 0 atom stereocenters. The number of fused-ring (bicyclic) bond motifs is 1. The fourth-order valence-corrected chi connectivity index (χ4v) is 3.31. The molecule has 0 bridgehead atoms. The first-order valence-electron chi connectivity index (χ1n) is 10.3. The molecule has 1 heterocycles. The number of ether oxygens (including phenoxy) is 2. The molecule has 0 fully saturated rings. The summed E-state index contributed by atoms with van der Waals surface area (Å²) in [5.41, 5.74) is 2.85. The van der Waals surface area contributed by atoms with Crippen molar-refractivity contribution >= 4 is 23.2 Å². The van der Waals surface area contributed by atoms with E-state index in [1.54, 1.807) is 36.4 Å². The van der Waals surface area contributed by atoms with Gasteiger partial charge in [-0.3, -0.25) is 9.59 Å². The van der Waals surface area contributed by atoms with Crippen LogP contribution < -0.4 is 20.1 Å². The summed E-state index contributed by atoms with van der Waals surface area (Å²) in [4.78, 5) is 24.7. The lowest BCUT2D eigenvalue weighted by Crippen LogP contribution is -2.14. The van der Waals surface area contributed by atoms with Gasteiger partial charge in [0.2, 0.25) is 5.91 Å². The second-order valence-electron chi connectivity index (χ2n) is 7.28. The van der Waals surface area contributed by atoms with Gasteiger partial charge in [0.05, 0.1) is 13.2 Å². The number of carbonyl (C=O) groups excluding carboxylic acids is 2. The molecule has 3 aromatic rings. The number of aryl methyl sites for hydroxylation is 1. The predicted octanol–water partition coefficient (Wildman–Crippen LogP) is 4.67. The summed E-state index contributed by atoms with van der Waals surface area (Å²) in [7, 11) is 0. The number of amides is 2. The van der Waals surface area contributed by atoms with Gasteiger partial charge in [0.25, 0.3) is 5.91 Å². The molecule has 6 heteroatoms. The van der Waals surface area contributed by atoms with E-state index < -0.39 is 0 Å². The molecule has 0 radical (unpaired) electrons. The topological polar surface area (TPSA) is 76.7 Å². The van der Waals surface area contributed by atoms with Gasteiger partial charge in [0.15, 0.2) is 11.5 Å². The minimum absolute atomic E-state index is 0.0985. The normalized spacial score (nSPS) is 12.5. The quantitative estimate of drug-likeness (QED) is 0.612. The molecule has 2 amide bonds. The van der Waals surface area contributed by atoms with Gasteiger partial charge in [-0.25, -0.2) is 0 Å². The highest BCUT2D eigenvalue weighted by atomic mass is 16.5. The summed E-state index contributed by atoms with van der Waals surface area (Å²) in [6, 6.07) is 21.9. The van der Waals surface area contributed by atoms with Crippen LogP contribution in [0.4, 0.5) is 11.4 Å². The summed E-state index contributed by atoms with van der Waals surface area (Å²) in [6.45, 7) is 1.29. The van der Waals surface area contributed by atoms with Gasteiger partial charge in [-0.1, -0.05) is 30.3 Å². The third-order valence-corrected chi connectivity index (χ3v) is 4.89. The minimum atomic E-state index is -0.196. The van der Waals surface area contributed by atoms with Gasteiger partial charge < -0.3 is 20.1 Å². The summed E-state index contributed by atoms with van der Waals surface area (Å²) in [5.74, 6) is 1.19. The maximum absolute atomic E-state index is 12.4. The van der Waals surface area contributed by atoms with Crippen LogP contribution in [0, 0.1) is 0 Å². The van der Waals surface area contributed by atoms with Crippen LogP contribution in [0.5, 0.6) is 11.5 Å². The lowest BCUT2D eigenvalue weighted by Gasteiger charge is -2.10. The van der Waals surface area contributed by atoms with Crippen molar-refractivity contribution in [1.29, 1.82) is 0 Å². The number of nitrogens with one attached hydrogen (secondary N) is 2. The Balaban J connectivity index is 1.32. The zero-order chi connectivity index (χ0) is 21.5. The van der Waals surface area contributed by atoms with Gasteiger partial charge in [-0.15, -0.1) is 0 Å². The van der Waals surface area contributed by atoms with Crippen molar-refractivity contribution in [2.45, 2.75) is 19.3 Å². The average molecular weight is 416 g/mol. The Morgan fingerprint density at radius 2 is 1.52 bits per heavy atom. The van der Waals surface area contributed by atoms with Crippen LogP contribution in [0.25, 0.3) is 0 Å². The number of hydrogen-bond acceptors (Lipinski definition) is 4. The van der Waals surface area contributed by atoms with Gasteiger partial charge in [-0.05, 0) is 54.4 Å². The van der Waals surface area contributed by atoms with E-state index in [4.69, 9.17) is 9.47 Å². The molecule has 3 aromatic carbocycles. The Morgan fingerprint density at radius 1 is 0.774 bits per heavy atom. The fraction of sp³-hybridized carbons (Fsp3) is 0.200. The Hall–Kier alpha value is -3.80. The lowest BCUT2D eigenvalue weighted by molar-refractivity contribution is -0.116. The van der Waals surface area contributed by atoms with Gasteiger partial charge >= 0.3 is 0 Å². The highest BCUT2D eigenvalue weighted by molar-refractivity contribution is 6.04. The van der Waals surface area contributed by atoms with E-state index in [0.717, 1.165) is 23.5 Å². The van der Waals surface area contributed by atoms with Gasteiger partial charge in [0, 0.05) is 29.8 Å². The number of benzene rings is 3. The van der Waals surface area contributed by atoms with E-state index >= 15 is 0 Å². The molecule has 0 aromatic heterocycles. The Kier molecular flexibility index (Phi) is 6.47. The molecule has 0 spiro atoms. The van der Waals surface area contributed by atoms with Crippen molar-refractivity contribution in [1.82, 2.24) is 0 Å². The molecule has 1 aliphatic rings.